The van der Waals surface area contributed by atoms with Crippen LogP contribution >= 0.6 is 0 Å². The number of ether oxygens (including phenoxy) is 1. The number of carbonyl (C=O) groups is 3. The van der Waals surface area contributed by atoms with E-state index in [4.69, 9.17) is 5.26 Å². The molecule has 0 fully saturated rings. The van der Waals surface area contributed by atoms with Crippen LogP contribution in [0.1, 0.15) is 12.5 Å². The van der Waals surface area contributed by atoms with E-state index < -0.39 is 40.7 Å². The Hall–Kier alpha value is -2.82. The van der Waals surface area contributed by atoms with Crippen LogP contribution in [0.5, 0.6) is 0 Å². The van der Waals surface area contributed by atoms with Crippen molar-refractivity contribution in [2.45, 2.75) is 6.92 Å². The minimum absolute atomic E-state index is 0.0330. The van der Waals surface area contributed by atoms with Crippen molar-refractivity contribution in [3.05, 3.63) is 29.3 Å². The minimum Gasteiger partial charge on any atom is -0.465 e. The molecule has 21 heavy (non-hydrogen) atoms. The van der Waals surface area contributed by atoms with Crippen molar-refractivity contribution < 1.29 is 27.9 Å². The second kappa shape index (κ2) is 7.09. The number of aldehydes is 1. The number of nitriles is 1. The zero-order chi connectivity index (χ0) is 16.0. The smallest absolute Gasteiger partial charge is 0.325 e. The van der Waals surface area contributed by atoms with Crippen LogP contribution in [0.4, 0.5) is 14.5 Å². The predicted molar refractivity (Wildman–Crippen MR) is 65.9 cm³/mol. The molecule has 0 radical (unpaired) electrons. The number of rotatable bonds is 5. The highest BCUT2D eigenvalue weighted by Crippen LogP contribution is 2.20. The SMILES string of the molecule is CCOC(=O)C(C=O)C(=O)Nc1ccc(C#N)c(F)c1F. The molecule has 0 aliphatic heterocycles. The third kappa shape index (κ3) is 3.60. The first kappa shape index (κ1) is 16.2. The number of hydrogen-bond donors (Lipinski definition) is 1. The lowest BCUT2D eigenvalue weighted by Gasteiger charge is -2.11. The average molecular weight is 296 g/mol. The quantitative estimate of drug-likeness (QED) is 0.499. The van der Waals surface area contributed by atoms with Gasteiger partial charge in [-0.25, -0.2) is 8.78 Å². The molecule has 1 aromatic carbocycles. The number of nitrogens with zero attached hydrogens (tertiary/aromatic N) is 1. The van der Waals surface area contributed by atoms with Crippen molar-refractivity contribution in [1.29, 1.82) is 5.26 Å². The summed E-state index contributed by atoms with van der Waals surface area (Å²) in [4.78, 5) is 33.7. The molecule has 0 heterocycles. The maximum atomic E-state index is 13.6. The summed E-state index contributed by atoms with van der Waals surface area (Å²) in [6, 6.07) is 3.33. The van der Waals surface area contributed by atoms with Crippen LogP contribution in [-0.4, -0.2) is 24.8 Å². The molecule has 0 spiro atoms. The maximum absolute atomic E-state index is 13.6. The van der Waals surface area contributed by atoms with Gasteiger partial charge in [-0.2, -0.15) is 5.26 Å². The summed E-state index contributed by atoms with van der Waals surface area (Å²) in [6.45, 7) is 1.43. The molecule has 1 rings (SSSR count). The zero-order valence-electron chi connectivity index (χ0n) is 10.9. The van der Waals surface area contributed by atoms with E-state index in [-0.39, 0.29) is 12.9 Å². The molecule has 0 aromatic heterocycles. The molecule has 1 N–H and O–H groups in total. The van der Waals surface area contributed by atoms with E-state index in [9.17, 15) is 23.2 Å². The first-order valence-electron chi connectivity index (χ1n) is 5.77. The fraction of sp³-hybridized carbons (Fsp3) is 0.231. The van der Waals surface area contributed by atoms with Crippen molar-refractivity contribution in [2.24, 2.45) is 5.92 Å². The number of anilines is 1. The minimum atomic E-state index is -1.79. The van der Waals surface area contributed by atoms with Gasteiger partial charge in [0.05, 0.1) is 17.9 Å². The second-order valence-electron chi connectivity index (χ2n) is 3.76. The van der Waals surface area contributed by atoms with E-state index in [0.717, 1.165) is 12.1 Å². The molecule has 1 unspecified atom stereocenters. The van der Waals surface area contributed by atoms with Gasteiger partial charge >= 0.3 is 5.97 Å². The van der Waals surface area contributed by atoms with E-state index in [2.05, 4.69) is 4.74 Å². The molecule has 6 nitrogen and oxygen atoms in total. The lowest BCUT2D eigenvalue weighted by Crippen LogP contribution is -2.32. The molecule has 1 atom stereocenters. The van der Waals surface area contributed by atoms with Gasteiger partial charge in [-0.15, -0.1) is 0 Å². The third-order valence-electron chi connectivity index (χ3n) is 2.42. The topological polar surface area (TPSA) is 96.3 Å². The molecule has 0 bridgehead atoms. The highest BCUT2D eigenvalue weighted by molar-refractivity contribution is 6.14. The first-order chi connectivity index (χ1) is 9.96. The van der Waals surface area contributed by atoms with Crippen LogP contribution in [0.15, 0.2) is 12.1 Å². The van der Waals surface area contributed by atoms with Crippen molar-refractivity contribution in [2.75, 3.05) is 11.9 Å². The van der Waals surface area contributed by atoms with Gasteiger partial charge in [0.25, 0.3) is 0 Å². The molecule has 8 heteroatoms. The fourth-order valence-electron chi connectivity index (χ4n) is 1.40. The van der Waals surface area contributed by atoms with Crippen molar-refractivity contribution >= 4 is 23.9 Å². The van der Waals surface area contributed by atoms with Crippen LogP contribution in [0.2, 0.25) is 0 Å². The lowest BCUT2D eigenvalue weighted by atomic mass is 10.1. The molecular weight excluding hydrogens is 286 g/mol. The van der Waals surface area contributed by atoms with Crippen LogP contribution < -0.4 is 5.32 Å². The summed E-state index contributed by atoms with van der Waals surface area (Å²) >= 11 is 0. The number of esters is 1. The molecule has 0 aliphatic carbocycles. The van der Waals surface area contributed by atoms with Crippen LogP contribution in [-0.2, 0) is 19.1 Å². The fourth-order valence-corrected chi connectivity index (χ4v) is 1.40. The second-order valence-corrected chi connectivity index (χ2v) is 3.76. The molecule has 0 saturated heterocycles. The van der Waals surface area contributed by atoms with Crippen LogP contribution in [0.3, 0.4) is 0 Å². The average Bonchev–Trinajstić information content (AvgIpc) is 2.45. The Balaban J connectivity index is 2.98. The maximum Gasteiger partial charge on any atom is 0.325 e. The van der Waals surface area contributed by atoms with E-state index >= 15 is 0 Å². The van der Waals surface area contributed by atoms with Crippen LogP contribution in [0, 0.1) is 28.9 Å². The Labute approximate surface area is 118 Å². The highest BCUT2D eigenvalue weighted by atomic mass is 19.2. The summed E-state index contributed by atoms with van der Waals surface area (Å²) in [7, 11) is 0. The van der Waals surface area contributed by atoms with Crippen molar-refractivity contribution in [3.8, 4) is 6.07 Å². The van der Waals surface area contributed by atoms with Gasteiger partial charge in [0.2, 0.25) is 5.91 Å². The number of benzene rings is 1. The Kier molecular flexibility index (Phi) is 5.48. The van der Waals surface area contributed by atoms with Gasteiger partial charge in [-0.3, -0.25) is 9.59 Å². The molecular formula is C13H10F2N2O4. The lowest BCUT2D eigenvalue weighted by molar-refractivity contribution is -0.151. The Bertz CT molecular complexity index is 625. The Morgan fingerprint density at radius 2 is 2.10 bits per heavy atom. The number of halogens is 2. The van der Waals surface area contributed by atoms with Crippen LogP contribution in [0.25, 0.3) is 0 Å². The van der Waals surface area contributed by atoms with Gasteiger partial charge < -0.3 is 14.8 Å². The summed E-state index contributed by atoms with van der Waals surface area (Å²) < 4.78 is 31.4. The van der Waals surface area contributed by atoms with Crippen molar-refractivity contribution in [1.82, 2.24) is 0 Å². The molecule has 0 saturated carbocycles. The highest BCUT2D eigenvalue weighted by Gasteiger charge is 2.28. The summed E-state index contributed by atoms with van der Waals surface area (Å²) in [5.41, 5.74) is -1.13. The largest absolute Gasteiger partial charge is 0.465 e. The summed E-state index contributed by atoms with van der Waals surface area (Å²) in [6.07, 6.45) is 0.0330. The van der Waals surface area contributed by atoms with Gasteiger partial charge in [0.15, 0.2) is 17.6 Å². The van der Waals surface area contributed by atoms with E-state index in [1.54, 1.807) is 0 Å². The van der Waals surface area contributed by atoms with Gasteiger partial charge in [-0.1, -0.05) is 0 Å². The third-order valence-corrected chi connectivity index (χ3v) is 2.42. The van der Waals surface area contributed by atoms with Gasteiger partial charge in [-0.05, 0) is 19.1 Å². The van der Waals surface area contributed by atoms with Crippen molar-refractivity contribution in [3.63, 3.8) is 0 Å². The molecule has 1 aromatic rings. The number of carbonyl (C=O) groups excluding carboxylic acids is 3. The monoisotopic (exact) mass is 296 g/mol. The number of amides is 1. The first-order valence-corrected chi connectivity index (χ1v) is 5.77. The normalized spacial score (nSPS) is 11.1. The van der Waals surface area contributed by atoms with E-state index in [1.807, 2.05) is 5.32 Å². The molecule has 1 amide bonds. The standard InChI is InChI=1S/C13H10F2N2O4/c1-2-21-13(20)8(6-18)12(19)17-9-4-3-7(5-16)10(14)11(9)15/h3-4,6,8H,2H2,1H3,(H,17,19). The van der Waals surface area contributed by atoms with Gasteiger partial charge in [0.1, 0.15) is 12.4 Å². The Morgan fingerprint density at radius 1 is 1.43 bits per heavy atom. The van der Waals surface area contributed by atoms with E-state index in [1.165, 1.54) is 13.0 Å². The Morgan fingerprint density at radius 3 is 2.62 bits per heavy atom. The molecule has 110 valence electrons. The summed E-state index contributed by atoms with van der Waals surface area (Å²) in [5.74, 6) is -6.95. The number of hydrogen-bond acceptors (Lipinski definition) is 5. The van der Waals surface area contributed by atoms with E-state index in [0.29, 0.717) is 0 Å². The summed E-state index contributed by atoms with van der Waals surface area (Å²) in [5, 5.41) is 10.4. The number of nitrogens with one attached hydrogen (secondary N) is 1. The zero-order valence-corrected chi connectivity index (χ0v) is 10.9. The molecule has 0 aliphatic rings. The predicted octanol–water partition coefficient (Wildman–Crippen LogP) is 1.15. The van der Waals surface area contributed by atoms with Gasteiger partial charge in [0, 0.05) is 0 Å².